The Morgan fingerprint density at radius 3 is 2.36 bits per heavy atom. The van der Waals surface area contributed by atoms with E-state index in [4.69, 9.17) is 5.73 Å². The predicted molar refractivity (Wildman–Crippen MR) is 104 cm³/mol. The van der Waals surface area contributed by atoms with E-state index in [9.17, 15) is 9.59 Å². The molecule has 0 fully saturated rings. The Bertz CT molecular complexity index is 745. The van der Waals surface area contributed by atoms with E-state index in [1.165, 1.54) is 4.90 Å². The number of likely N-dealkylation sites (N-methyl/N-ethyl adjacent to an activating group) is 1. The van der Waals surface area contributed by atoms with E-state index in [0.29, 0.717) is 5.69 Å². The number of nitrogen functional groups attached to an aromatic ring is 1. The summed E-state index contributed by atoms with van der Waals surface area (Å²) in [5.41, 5.74) is 10.1. The van der Waals surface area contributed by atoms with Gasteiger partial charge in [0.05, 0.1) is 13.0 Å². The van der Waals surface area contributed by atoms with Crippen molar-refractivity contribution in [2.75, 3.05) is 24.6 Å². The number of nitrogens with one attached hydrogen (secondary N) is 1. The van der Waals surface area contributed by atoms with Gasteiger partial charge in [0.1, 0.15) is 0 Å². The smallest absolute Gasteiger partial charge is 0.243 e. The van der Waals surface area contributed by atoms with Crippen LogP contribution in [-0.2, 0) is 16.0 Å². The number of carbonyl (C=O) groups is 2. The van der Waals surface area contributed by atoms with Crippen molar-refractivity contribution in [3.05, 3.63) is 59.2 Å². The number of hydrogen-bond donors (Lipinski definition) is 2. The van der Waals surface area contributed by atoms with Crippen molar-refractivity contribution < 1.29 is 9.59 Å². The molecule has 6 heteroatoms. The van der Waals surface area contributed by atoms with Gasteiger partial charge in [-0.25, -0.2) is 0 Å². The van der Waals surface area contributed by atoms with Crippen LogP contribution in [0, 0.1) is 13.8 Å². The van der Waals surface area contributed by atoms with E-state index in [1.807, 2.05) is 44.2 Å². The minimum atomic E-state index is -0.211. The van der Waals surface area contributed by atoms with Crippen LogP contribution in [-0.4, -0.2) is 30.3 Å². The summed E-state index contributed by atoms with van der Waals surface area (Å²) >= 11 is 0. The normalized spacial score (nSPS) is 9.88. The highest BCUT2D eigenvalue weighted by Gasteiger charge is 2.14. The zero-order valence-corrected chi connectivity index (χ0v) is 15.5. The molecule has 0 spiro atoms. The molecule has 0 atom stereocenters. The van der Waals surface area contributed by atoms with E-state index in [1.54, 1.807) is 19.2 Å². The molecule has 0 aromatic heterocycles. The first-order valence-electron chi connectivity index (χ1n) is 7.81. The predicted octanol–water partition coefficient (Wildman–Crippen LogP) is 2.95. The van der Waals surface area contributed by atoms with Crippen LogP contribution in [0.5, 0.6) is 0 Å². The second-order valence-electron chi connectivity index (χ2n) is 5.96. The highest BCUT2D eigenvalue weighted by Crippen LogP contribution is 2.17. The summed E-state index contributed by atoms with van der Waals surface area (Å²) in [5, 5.41) is 2.86. The summed E-state index contributed by atoms with van der Waals surface area (Å²) in [6.45, 7) is 3.97. The van der Waals surface area contributed by atoms with Gasteiger partial charge in [-0.2, -0.15) is 0 Å². The number of hydrogen-bond acceptors (Lipinski definition) is 3. The van der Waals surface area contributed by atoms with Gasteiger partial charge in [0, 0.05) is 18.4 Å². The third-order valence-corrected chi connectivity index (χ3v) is 4.02. The molecule has 0 unspecified atom stereocenters. The molecule has 2 aromatic carbocycles. The third-order valence-electron chi connectivity index (χ3n) is 4.02. The Kier molecular flexibility index (Phi) is 7.45. The summed E-state index contributed by atoms with van der Waals surface area (Å²) < 4.78 is 0. The summed E-state index contributed by atoms with van der Waals surface area (Å²) in [6.07, 6.45) is 0.244. The molecular formula is C19H24ClN3O2. The molecule has 3 N–H and O–H groups in total. The first-order valence-corrected chi connectivity index (χ1v) is 7.81. The molecule has 25 heavy (non-hydrogen) atoms. The number of carbonyl (C=O) groups excluding carboxylic acids is 2. The standard InChI is InChI=1S/C19H23N3O2.ClH/c1-13-5-4-6-17(14(13)2)21-18(23)12-22(3)19(24)11-15-7-9-16(20)10-8-15;/h4-10H,11-12,20H2,1-3H3,(H,21,23);1H. The molecule has 2 aromatic rings. The van der Waals surface area contributed by atoms with Crippen molar-refractivity contribution in [3.63, 3.8) is 0 Å². The quantitative estimate of drug-likeness (QED) is 0.804. The van der Waals surface area contributed by atoms with E-state index in [0.717, 1.165) is 22.4 Å². The molecule has 0 bridgehead atoms. The first kappa shape index (κ1) is 20.5. The van der Waals surface area contributed by atoms with Gasteiger partial charge in [-0.15, -0.1) is 12.4 Å². The van der Waals surface area contributed by atoms with E-state index in [2.05, 4.69) is 5.32 Å². The van der Waals surface area contributed by atoms with Gasteiger partial charge >= 0.3 is 0 Å². The fourth-order valence-electron chi connectivity index (χ4n) is 2.32. The lowest BCUT2D eigenvalue weighted by Crippen LogP contribution is -2.35. The van der Waals surface area contributed by atoms with Gasteiger partial charge in [0.25, 0.3) is 0 Å². The fraction of sp³-hybridized carbons (Fsp3) is 0.263. The number of amides is 2. The number of halogens is 1. The van der Waals surface area contributed by atoms with Crippen LogP contribution in [0.3, 0.4) is 0 Å². The fourth-order valence-corrected chi connectivity index (χ4v) is 2.32. The maximum Gasteiger partial charge on any atom is 0.243 e. The van der Waals surface area contributed by atoms with Crippen molar-refractivity contribution in [1.82, 2.24) is 4.90 Å². The minimum Gasteiger partial charge on any atom is -0.399 e. The third kappa shape index (κ3) is 5.80. The second kappa shape index (κ2) is 9.08. The van der Waals surface area contributed by atoms with Gasteiger partial charge in [-0.3, -0.25) is 9.59 Å². The van der Waals surface area contributed by atoms with Crippen LogP contribution >= 0.6 is 12.4 Å². The zero-order valence-electron chi connectivity index (χ0n) is 14.7. The van der Waals surface area contributed by atoms with E-state index >= 15 is 0 Å². The van der Waals surface area contributed by atoms with Crippen LogP contribution in [0.25, 0.3) is 0 Å². The topological polar surface area (TPSA) is 75.4 Å². The van der Waals surface area contributed by atoms with Crippen molar-refractivity contribution in [3.8, 4) is 0 Å². The Hall–Kier alpha value is -2.53. The molecule has 5 nitrogen and oxygen atoms in total. The molecule has 0 heterocycles. The van der Waals surface area contributed by atoms with Gasteiger partial charge in [0.2, 0.25) is 11.8 Å². The van der Waals surface area contributed by atoms with Crippen LogP contribution in [0.4, 0.5) is 11.4 Å². The van der Waals surface area contributed by atoms with Crippen molar-refractivity contribution in [2.24, 2.45) is 0 Å². The number of anilines is 2. The number of nitrogens with two attached hydrogens (primary N) is 1. The Labute approximate surface area is 154 Å². The Morgan fingerprint density at radius 1 is 1.08 bits per heavy atom. The number of nitrogens with zero attached hydrogens (tertiary/aromatic N) is 1. The summed E-state index contributed by atoms with van der Waals surface area (Å²) in [4.78, 5) is 25.8. The minimum absolute atomic E-state index is 0. The molecule has 0 aliphatic carbocycles. The molecule has 0 aliphatic rings. The molecular weight excluding hydrogens is 338 g/mol. The van der Waals surface area contributed by atoms with Crippen LogP contribution < -0.4 is 11.1 Å². The second-order valence-corrected chi connectivity index (χ2v) is 5.96. The van der Waals surface area contributed by atoms with E-state index in [-0.39, 0.29) is 37.2 Å². The number of aryl methyl sites for hydroxylation is 1. The van der Waals surface area contributed by atoms with Gasteiger partial charge in [0.15, 0.2) is 0 Å². The lowest BCUT2D eigenvalue weighted by molar-refractivity contribution is -0.132. The Balaban J connectivity index is 0.00000312. The average Bonchev–Trinajstić information content (AvgIpc) is 2.54. The lowest BCUT2D eigenvalue weighted by Gasteiger charge is -2.18. The van der Waals surface area contributed by atoms with Crippen LogP contribution in [0.2, 0.25) is 0 Å². The van der Waals surface area contributed by atoms with Crippen LogP contribution in [0.15, 0.2) is 42.5 Å². The van der Waals surface area contributed by atoms with Crippen LogP contribution in [0.1, 0.15) is 16.7 Å². The molecule has 134 valence electrons. The largest absolute Gasteiger partial charge is 0.399 e. The highest BCUT2D eigenvalue weighted by molar-refractivity contribution is 5.95. The van der Waals surface area contributed by atoms with Crippen molar-refractivity contribution >= 4 is 35.6 Å². The monoisotopic (exact) mass is 361 g/mol. The SMILES string of the molecule is Cc1cccc(NC(=O)CN(C)C(=O)Cc2ccc(N)cc2)c1C.Cl. The summed E-state index contributed by atoms with van der Waals surface area (Å²) in [5.74, 6) is -0.326. The number of benzene rings is 2. The molecule has 0 aliphatic heterocycles. The highest BCUT2D eigenvalue weighted by atomic mass is 35.5. The maximum absolute atomic E-state index is 12.2. The maximum atomic E-state index is 12.2. The molecule has 0 saturated heterocycles. The number of rotatable bonds is 5. The van der Waals surface area contributed by atoms with E-state index < -0.39 is 0 Å². The molecule has 0 saturated carbocycles. The molecule has 2 amide bonds. The molecule has 0 radical (unpaired) electrons. The molecule has 2 rings (SSSR count). The van der Waals surface area contributed by atoms with Crippen molar-refractivity contribution in [2.45, 2.75) is 20.3 Å². The summed E-state index contributed by atoms with van der Waals surface area (Å²) in [6, 6.07) is 12.9. The lowest BCUT2D eigenvalue weighted by atomic mass is 10.1. The first-order chi connectivity index (χ1) is 11.4. The Morgan fingerprint density at radius 2 is 1.72 bits per heavy atom. The van der Waals surface area contributed by atoms with Gasteiger partial charge in [-0.05, 0) is 48.7 Å². The van der Waals surface area contributed by atoms with Crippen molar-refractivity contribution in [1.29, 1.82) is 0 Å². The zero-order chi connectivity index (χ0) is 17.7. The average molecular weight is 362 g/mol. The van der Waals surface area contributed by atoms with Gasteiger partial charge in [-0.1, -0.05) is 24.3 Å². The summed E-state index contributed by atoms with van der Waals surface area (Å²) in [7, 11) is 1.63. The van der Waals surface area contributed by atoms with Gasteiger partial charge < -0.3 is 16.0 Å².